The second kappa shape index (κ2) is 9.30. The summed E-state index contributed by atoms with van der Waals surface area (Å²) in [5, 5.41) is 8.23. The zero-order valence-corrected chi connectivity index (χ0v) is 9.51. The largest absolute Gasteiger partial charge is 0.480 e. The summed E-state index contributed by atoms with van der Waals surface area (Å²) in [4.78, 5) is 10.4. The van der Waals surface area contributed by atoms with Crippen LogP contribution in [0.1, 0.15) is 13.3 Å². The minimum absolute atomic E-state index is 0.349. The molecule has 0 rings (SSSR count). The van der Waals surface area contributed by atoms with Crippen molar-refractivity contribution in [1.82, 2.24) is 0 Å². The van der Waals surface area contributed by atoms with Crippen molar-refractivity contribution in [3.05, 3.63) is 0 Å². The molecule has 0 spiro atoms. The lowest BCUT2D eigenvalue weighted by atomic mass is 10.5. The van der Waals surface area contributed by atoms with Crippen molar-refractivity contribution < 1.29 is 19.4 Å². The van der Waals surface area contributed by atoms with Crippen molar-refractivity contribution in [2.24, 2.45) is 0 Å². The Morgan fingerprint density at radius 3 is 2.71 bits per heavy atom. The fraction of sp³-hybridized carbons (Fsp3) is 0.889. The Kier molecular flexibility index (Phi) is 9.13. The van der Waals surface area contributed by atoms with Gasteiger partial charge < -0.3 is 14.6 Å². The van der Waals surface area contributed by atoms with E-state index < -0.39 is 5.97 Å². The van der Waals surface area contributed by atoms with E-state index in [1.807, 2.05) is 0 Å². The number of hydrogen-bond acceptors (Lipinski definition) is 4. The lowest BCUT2D eigenvalue weighted by Gasteiger charge is -2.06. The molecule has 0 aliphatic carbocycles. The summed E-state index contributed by atoms with van der Waals surface area (Å²) in [5.41, 5.74) is 0. The molecule has 1 N–H and O–H groups in total. The average molecular weight is 222 g/mol. The first-order valence-electron chi connectivity index (χ1n) is 4.59. The Labute approximate surface area is 89.0 Å². The molecule has 0 saturated heterocycles. The van der Waals surface area contributed by atoms with Gasteiger partial charge in [-0.05, 0) is 13.3 Å². The zero-order valence-electron chi connectivity index (χ0n) is 8.69. The van der Waals surface area contributed by atoms with E-state index in [0.29, 0.717) is 19.8 Å². The number of thioether (sulfide) groups is 1. The first kappa shape index (κ1) is 13.7. The summed E-state index contributed by atoms with van der Waals surface area (Å²) in [6, 6.07) is 0. The molecule has 0 aromatic carbocycles. The number of ether oxygens (including phenoxy) is 2. The van der Waals surface area contributed by atoms with Crippen molar-refractivity contribution in [1.29, 1.82) is 0 Å². The Balaban J connectivity index is 3.09. The van der Waals surface area contributed by atoms with Gasteiger partial charge in [0, 0.05) is 26.1 Å². The molecule has 1 unspecified atom stereocenters. The van der Waals surface area contributed by atoms with Crippen LogP contribution in [0, 0.1) is 0 Å². The fourth-order valence-corrected chi connectivity index (χ4v) is 1.47. The van der Waals surface area contributed by atoms with Crippen LogP contribution in [-0.2, 0) is 14.3 Å². The molecule has 0 aromatic heterocycles. The maximum absolute atomic E-state index is 10.4. The minimum Gasteiger partial charge on any atom is -0.480 e. The number of carbonyl (C=O) groups is 1. The number of aliphatic carboxylic acids is 1. The van der Waals surface area contributed by atoms with Gasteiger partial charge in [0.1, 0.15) is 0 Å². The SMILES string of the molecule is COCCCOCCSC(C)C(=O)O. The molecule has 0 radical (unpaired) electrons. The highest BCUT2D eigenvalue weighted by atomic mass is 32.2. The van der Waals surface area contributed by atoms with Gasteiger partial charge in [-0.15, -0.1) is 11.8 Å². The van der Waals surface area contributed by atoms with Crippen LogP contribution in [-0.4, -0.2) is 49.0 Å². The molecule has 0 aromatic rings. The summed E-state index contributed by atoms with van der Waals surface area (Å²) in [5.74, 6) is -0.0464. The van der Waals surface area contributed by atoms with E-state index in [-0.39, 0.29) is 5.25 Å². The molecule has 0 aliphatic rings. The molecule has 4 nitrogen and oxygen atoms in total. The normalized spacial score (nSPS) is 12.7. The van der Waals surface area contributed by atoms with Gasteiger partial charge in [-0.3, -0.25) is 4.79 Å². The van der Waals surface area contributed by atoms with Crippen molar-refractivity contribution in [3.8, 4) is 0 Å². The Hall–Kier alpha value is -0.260. The molecule has 84 valence electrons. The van der Waals surface area contributed by atoms with Crippen molar-refractivity contribution in [3.63, 3.8) is 0 Å². The standard InChI is InChI=1S/C9H18O4S/c1-8(9(10)11)14-7-6-13-5-3-4-12-2/h8H,3-7H2,1-2H3,(H,10,11). The zero-order chi connectivity index (χ0) is 10.8. The first-order valence-corrected chi connectivity index (χ1v) is 5.64. The van der Waals surface area contributed by atoms with E-state index >= 15 is 0 Å². The van der Waals surface area contributed by atoms with E-state index in [2.05, 4.69) is 0 Å². The number of carboxylic acids is 1. The summed E-state index contributed by atoms with van der Waals surface area (Å²) >= 11 is 1.39. The topological polar surface area (TPSA) is 55.8 Å². The maximum Gasteiger partial charge on any atom is 0.316 e. The number of rotatable bonds is 9. The predicted molar refractivity (Wildman–Crippen MR) is 56.9 cm³/mol. The van der Waals surface area contributed by atoms with E-state index in [9.17, 15) is 4.79 Å². The van der Waals surface area contributed by atoms with Gasteiger partial charge in [0.05, 0.1) is 11.9 Å². The molecule has 0 saturated carbocycles. The summed E-state index contributed by atoms with van der Waals surface area (Å²) in [6.07, 6.45) is 0.885. The smallest absolute Gasteiger partial charge is 0.316 e. The second-order valence-corrected chi connectivity index (χ2v) is 4.26. The Morgan fingerprint density at radius 1 is 1.43 bits per heavy atom. The van der Waals surface area contributed by atoms with Crippen molar-refractivity contribution >= 4 is 17.7 Å². The molecular weight excluding hydrogens is 204 g/mol. The lowest BCUT2D eigenvalue weighted by molar-refractivity contribution is -0.136. The van der Waals surface area contributed by atoms with Gasteiger partial charge in [0.2, 0.25) is 0 Å². The van der Waals surface area contributed by atoms with E-state index in [0.717, 1.165) is 12.2 Å². The molecule has 0 amide bonds. The molecule has 0 heterocycles. The Morgan fingerprint density at radius 2 is 2.14 bits per heavy atom. The number of methoxy groups -OCH3 is 1. The molecule has 14 heavy (non-hydrogen) atoms. The van der Waals surface area contributed by atoms with Crippen LogP contribution < -0.4 is 0 Å². The highest BCUT2D eigenvalue weighted by Crippen LogP contribution is 2.09. The fourth-order valence-electron chi connectivity index (χ4n) is 0.762. The average Bonchev–Trinajstić information content (AvgIpc) is 2.16. The monoisotopic (exact) mass is 222 g/mol. The third kappa shape index (κ3) is 8.34. The van der Waals surface area contributed by atoms with Crippen LogP contribution in [0.4, 0.5) is 0 Å². The van der Waals surface area contributed by atoms with Gasteiger partial charge in [-0.25, -0.2) is 0 Å². The third-order valence-corrected chi connectivity index (χ3v) is 2.68. The van der Waals surface area contributed by atoms with Crippen LogP contribution in [0.5, 0.6) is 0 Å². The molecule has 0 fully saturated rings. The van der Waals surface area contributed by atoms with Crippen molar-refractivity contribution in [2.45, 2.75) is 18.6 Å². The summed E-state index contributed by atoms with van der Waals surface area (Å²) in [6.45, 7) is 3.67. The van der Waals surface area contributed by atoms with E-state index in [1.165, 1.54) is 11.8 Å². The molecule has 0 aliphatic heterocycles. The molecular formula is C9H18O4S. The van der Waals surface area contributed by atoms with Gasteiger partial charge in [-0.1, -0.05) is 0 Å². The van der Waals surface area contributed by atoms with Crippen LogP contribution in [0.3, 0.4) is 0 Å². The van der Waals surface area contributed by atoms with E-state index in [4.69, 9.17) is 14.6 Å². The lowest BCUT2D eigenvalue weighted by Crippen LogP contribution is -2.13. The number of hydrogen-bond donors (Lipinski definition) is 1. The van der Waals surface area contributed by atoms with Crippen LogP contribution >= 0.6 is 11.8 Å². The van der Waals surface area contributed by atoms with Crippen LogP contribution in [0.2, 0.25) is 0 Å². The second-order valence-electron chi connectivity index (χ2n) is 2.81. The summed E-state index contributed by atoms with van der Waals surface area (Å²) < 4.78 is 10.1. The third-order valence-electron chi connectivity index (χ3n) is 1.58. The van der Waals surface area contributed by atoms with Crippen molar-refractivity contribution in [2.75, 3.05) is 32.7 Å². The first-order chi connectivity index (χ1) is 6.68. The minimum atomic E-state index is -0.769. The van der Waals surface area contributed by atoms with Gasteiger partial charge in [0.25, 0.3) is 0 Å². The highest BCUT2D eigenvalue weighted by Gasteiger charge is 2.09. The molecule has 5 heteroatoms. The predicted octanol–water partition coefficient (Wildman–Crippen LogP) is 1.25. The maximum atomic E-state index is 10.4. The summed E-state index contributed by atoms with van der Waals surface area (Å²) in [7, 11) is 1.66. The molecule has 1 atom stereocenters. The quantitative estimate of drug-likeness (QED) is 0.595. The Bertz CT molecular complexity index is 152. The highest BCUT2D eigenvalue weighted by molar-refractivity contribution is 8.00. The molecule has 0 bridgehead atoms. The van der Waals surface area contributed by atoms with Gasteiger partial charge in [0.15, 0.2) is 0 Å². The van der Waals surface area contributed by atoms with Gasteiger partial charge >= 0.3 is 5.97 Å². The van der Waals surface area contributed by atoms with E-state index in [1.54, 1.807) is 14.0 Å². The number of carboxylic acid groups (broad SMARTS) is 1. The van der Waals surface area contributed by atoms with Crippen LogP contribution in [0.15, 0.2) is 0 Å². The van der Waals surface area contributed by atoms with Crippen LogP contribution in [0.25, 0.3) is 0 Å². The van der Waals surface area contributed by atoms with Gasteiger partial charge in [-0.2, -0.15) is 0 Å².